The lowest BCUT2D eigenvalue weighted by Crippen LogP contribution is -2.13. The summed E-state index contributed by atoms with van der Waals surface area (Å²) in [6.07, 6.45) is 0. The fourth-order valence-corrected chi connectivity index (χ4v) is 2.40. The van der Waals surface area contributed by atoms with Crippen molar-refractivity contribution in [2.75, 3.05) is 32.2 Å². The first-order chi connectivity index (χ1) is 13.5. The average molecular weight is 389 g/mol. The van der Waals surface area contributed by atoms with E-state index in [1.807, 2.05) is 6.92 Å². The van der Waals surface area contributed by atoms with E-state index < -0.39 is 12.6 Å². The number of methoxy groups -OCH3 is 1. The van der Waals surface area contributed by atoms with Crippen molar-refractivity contribution >= 4 is 17.6 Å². The number of aliphatic carboxylic acids is 1. The first-order valence-corrected chi connectivity index (χ1v) is 8.72. The van der Waals surface area contributed by atoms with Gasteiger partial charge in [0.25, 0.3) is 5.91 Å². The Morgan fingerprint density at radius 2 is 1.54 bits per heavy atom. The van der Waals surface area contributed by atoms with Crippen LogP contribution in [0.5, 0.6) is 23.0 Å². The molecule has 2 aromatic rings. The Morgan fingerprint density at radius 1 is 0.893 bits per heavy atom. The highest BCUT2D eigenvalue weighted by Crippen LogP contribution is 2.31. The van der Waals surface area contributed by atoms with Crippen LogP contribution in [0.15, 0.2) is 36.4 Å². The number of ether oxygens (including phenoxy) is 4. The molecule has 0 saturated heterocycles. The van der Waals surface area contributed by atoms with Crippen LogP contribution in [0.3, 0.4) is 0 Å². The maximum Gasteiger partial charge on any atom is 0.341 e. The minimum atomic E-state index is -1.10. The van der Waals surface area contributed by atoms with E-state index in [2.05, 4.69) is 5.32 Å². The van der Waals surface area contributed by atoms with Crippen molar-refractivity contribution in [2.45, 2.75) is 13.8 Å². The molecule has 0 aromatic heterocycles. The molecule has 0 aliphatic rings. The van der Waals surface area contributed by atoms with Crippen LogP contribution in [0.1, 0.15) is 24.2 Å². The van der Waals surface area contributed by atoms with E-state index in [0.717, 1.165) is 0 Å². The second-order valence-electron chi connectivity index (χ2n) is 5.53. The molecule has 8 heteroatoms. The van der Waals surface area contributed by atoms with Gasteiger partial charge in [0.05, 0.1) is 20.3 Å². The SMILES string of the molecule is CCOc1ccc(NC(=O)c2ccc(OCC(=O)O)c(OCC)c2)cc1OC. The van der Waals surface area contributed by atoms with Gasteiger partial charge in [-0.05, 0) is 44.2 Å². The van der Waals surface area contributed by atoms with Crippen LogP contribution in [0.4, 0.5) is 5.69 Å². The number of anilines is 1. The molecule has 0 bridgehead atoms. The number of carbonyl (C=O) groups is 2. The number of rotatable bonds is 10. The van der Waals surface area contributed by atoms with Crippen LogP contribution in [-0.2, 0) is 4.79 Å². The lowest BCUT2D eigenvalue weighted by molar-refractivity contribution is -0.139. The zero-order chi connectivity index (χ0) is 20.5. The van der Waals surface area contributed by atoms with Gasteiger partial charge in [-0.2, -0.15) is 0 Å². The third-order valence-electron chi connectivity index (χ3n) is 3.58. The summed E-state index contributed by atoms with van der Waals surface area (Å²) in [6.45, 7) is 3.98. The quantitative estimate of drug-likeness (QED) is 0.643. The Kier molecular flexibility index (Phi) is 7.50. The third-order valence-corrected chi connectivity index (χ3v) is 3.58. The van der Waals surface area contributed by atoms with Gasteiger partial charge in [-0.3, -0.25) is 4.79 Å². The molecule has 150 valence electrons. The normalized spacial score (nSPS) is 10.1. The molecule has 2 N–H and O–H groups in total. The number of nitrogens with one attached hydrogen (secondary N) is 1. The van der Waals surface area contributed by atoms with E-state index in [0.29, 0.717) is 41.7 Å². The Hall–Kier alpha value is -3.42. The van der Waals surface area contributed by atoms with Gasteiger partial charge in [0.2, 0.25) is 0 Å². The number of hydrogen-bond donors (Lipinski definition) is 2. The molecule has 0 radical (unpaired) electrons. The molecular formula is C20H23NO7. The maximum absolute atomic E-state index is 12.6. The van der Waals surface area contributed by atoms with Crippen LogP contribution < -0.4 is 24.3 Å². The fourth-order valence-electron chi connectivity index (χ4n) is 2.40. The van der Waals surface area contributed by atoms with Gasteiger partial charge in [-0.25, -0.2) is 4.79 Å². The third kappa shape index (κ3) is 5.54. The van der Waals surface area contributed by atoms with Crippen LogP contribution in [0.25, 0.3) is 0 Å². The molecule has 28 heavy (non-hydrogen) atoms. The summed E-state index contributed by atoms with van der Waals surface area (Å²) < 4.78 is 21.4. The lowest BCUT2D eigenvalue weighted by Gasteiger charge is -2.14. The van der Waals surface area contributed by atoms with E-state index in [1.54, 1.807) is 25.1 Å². The van der Waals surface area contributed by atoms with Crippen LogP contribution >= 0.6 is 0 Å². The molecule has 8 nitrogen and oxygen atoms in total. The van der Waals surface area contributed by atoms with Gasteiger partial charge in [-0.15, -0.1) is 0 Å². The highest BCUT2D eigenvalue weighted by molar-refractivity contribution is 6.04. The Labute approximate surface area is 163 Å². The number of benzene rings is 2. The second kappa shape index (κ2) is 10.1. The van der Waals surface area contributed by atoms with E-state index in [9.17, 15) is 9.59 Å². The molecule has 2 rings (SSSR count). The van der Waals surface area contributed by atoms with Gasteiger partial charge in [0.15, 0.2) is 29.6 Å². The predicted octanol–water partition coefficient (Wildman–Crippen LogP) is 3.21. The summed E-state index contributed by atoms with van der Waals surface area (Å²) >= 11 is 0. The largest absolute Gasteiger partial charge is 0.493 e. The Morgan fingerprint density at radius 3 is 2.18 bits per heavy atom. The van der Waals surface area contributed by atoms with E-state index in [-0.39, 0.29) is 11.7 Å². The van der Waals surface area contributed by atoms with Gasteiger partial charge >= 0.3 is 5.97 Å². The standard InChI is InChI=1S/C20H23NO7/c1-4-26-15-9-7-14(11-17(15)25-3)21-20(24)13-6-8-16(28-12-19(22)23)18(10-13)27-5-2/h6-11H,4-5,12H2,1-3H3,(H,21,24)(H,22,23). The van der Waals surface area contributed by atoms with Crippen molar-refractivity contribution in [3.63, 3.8) is 0 Å². The lowest BCUT2D eigenvalue weighted by atomic mass is 10.1. The minimum Gasteiger partial charge on any atom is -0.493 e. The number of carboxylic acid groups (broad SMARTS) is 1. The first kappa shape index (κ1) is 20.9. The summed E-state index contributed by atoms with van der Waals surface area (Å²) in [5, 5.41) is 11.5. The van der Waals surface area contributed by atoms with Crippen molar-refractivity contribution in [1.29, 1.82) is 0 Å². The molecule has 0 aliphatic heterocycles. The summed E-state index contributed by atoms with van der Waals surface area (Å²) in [6, 6.07) is 9.62. The van der Waals surface area contributed by atoms with Gasteiger partial charge in [0, 0.05) is 17.3 Å². The summed E-state index contributed by atoms with van der Waals surface area (Å²) in [7, 11) is 1.52. The minimum absolute atomic E-state index is 0.253. The van der Waals surface area contributed by atoms with Gasteiger partial charge < -0.3 is 29.4 Å². The van der Waals surface area contributed by atoms with Crippen molar-refractivity contribution in [3.8, 4) is 23.0 Å². The predicted molar refractivity (Wildman–Crippen MR) is 103 cm³/mol. The fraction of sp³-hybridized carbons (Fsp3) is 0.300. The number of amides is 1. The second-order valence-corrected chi connectivity index (χ2v) is 5.53. The molecule has 0 heterocycles. The monoisotopic (exact) mass is 389 g/mol. The van der Waals surface area contributed by atoms with E-state index >= 15 is 0 Å². The topological polar surface area (TPSA) is 103 Å². The van der Waals surface area contributed by atoms with E-state index in [1.165, 1.54) is 25.3 Å². The molecule has 0 unspecified atom stereocenters. The molecule has 0 saturated carbocycles. The molecule has 2 aromatic carbocycles. The summed E-state index contributed by atoms with van der Waals surface area (Å²) in [4.78, 5) is 23.3. The number of carboxylic acids is 1. The highest BCUT2D eigenvalue weighted by Gasteiger charge is 2.14. The van der Waals surface area contributed by atoms with Crippen LogP contribution in [0.2, 0.25) is 0 Å². The molecule has 1 amide bonds. The molecule has 0 fully saturated rings. The van der Waals surface area contributed by atoms with Crippen molar-refractivity contribution in [2.24, 2.45) is 0 Å². The molecule has 0 atom stereocenters. The highest BCUT2D eigenvalue weighted by atomic mass is 16.5. The summed E-state index contributed by atoms with van der Waals surface area (Å²) in [5.74, 6) is 0.170. The summed E-state index contributed by atoms with van der Waals surface area (Å²) in [5.41, 5.74) is 0.869. The first-order valence-electron chi connectivity index (χ1n) is 8.72. The average Bonchev–Trinajstić information content (AvgIpc) is 2.68. The maximum atomic E-state index is 12.6. The zero-order valence-corrected chi connectivity index (χ0v) is 16.0. The van der Waals surface area contributed by atoms with Crippen molar-refractivity contribution in [1.82, 2.24) is 0 Å². The Balaban J connectivity index is 2.19. The molecule has 0 aliphatic carbocycles. The smallest absolute Gasteiger partial charge is 0.341 e. The van der Waals surface area contributed by atoms with Crippen LogP contribution in [0, 0.1) is 0 Å². The zero-order valence-electron chi connectivity index (χ0n) is 16.0. The van der Waals surface area contributed by atoms with Gasteiger partial charge in [-0.1, -0.05) is 0 Å². The Bertz CT molecular complexity index is 835. The number of hydrogen-bond acceptors (Lipinski definition) is 6. The van der Waals surface area contributed by atoms with Crippen LogP contribution in [-0.4, -0.2) is 43.9 Å². The number of carbonyl (C=O) groups excluding carboxylic acids is 1. The van der Waals surface area contributed by atoms with E-state index in [4.69, 9.17) is 24.1 Å². The van der Waals surface area contributed by atoms with Crippen molar-refractivity contribution < 1.29 is 33.6 Å². The van der Waals surface area contributed by atoms with Gasteiger partial charge in [0.1, 0.15) is 0 Å². The molecule has 0 spiro atoms. The molecular weight excluding hydrogens is 366 g/mol. The van der Waals surface area contributed by atoms with Crippen molar-refractivity contribution in [3.05, 3.63) is 42.0 Å².